The minimum Gasteiger partial charge on any atom is -0.323 e. The van der Waals surface area contributed by atoms with E-state index in [2.05, 4.69) is 5.32 Å². The molecule has 0 unspecified atom stereocenters. The maximum Gasteiger partial charge on any atom is 0.235 e. The van der Waals surface area contributed by atoms with E-state index in [-0.39, 0.29) is 10.6 Å². The van der Waals surface area contributed by atoms with Gasteiger partial charge in [0.05, 0.1) is 16.0 Å². The maximum absolute atomic E-state index is 14.0. The van der Waals surface area contributed by atoms with E-state index in [1.807, 2.05) is 0 Å². The van der Waals surface area contributed by atoms with Crippen molar-refractivity contribution in [1.82, 2.24) is 0 Å². The van der Waals surface area contributed by atoms with E-state index in [0.29, 0.717) is 18.4 Å². The first-order chi connectivity index (χ1) is 11.7. The quantitative estimate of drug-likeness (QED) is 0.845. The van der Waals surface area contributed by atoms with Crippen molar-refractivity contribution in [2.75, 3.05) is 11.6 Å². The zero-order valence-electron chi connectivity index (χ0n) is 13.6. The molecule has 4 nitrogen and oxygen atoms in total. The third kappa shape index (κ3) is 3.28. The molecule has 1 N–H and O–H groups in total. The van der Waals surface area contributed by atoms with Crippen LogP contribution in [0.1, 0.15) is 24.8 Å². The van der Waals surface area contributed by atoms with Gasteiger partial charge in [0.1, 0.15) is 11.6 Å². The zero-order chi connectivity index (χ0) is 18.2. The molecule has 0 bridgehead atoms. The van der Waals surface area contributed by atoms with Gasteiger partial charge < -0.3 is 5.32 Å². The molecular weight excluding hydrogens is 348 g/mol. The smallest absolute Gasteiger partial charge is 0.235 e. The Morgan fingerprint density at radius 3 is 2.24 bits per heavy atom. The van der Waals surface area contributed by atoms with Gasteiger partial charge in [-0.2, -0.15) is 0 Å². The van der Waals surface area contributed by atoms with Crippen molar-refractivity contribution in [1.29, 1.82) is 0 Å². The van der Waals surface area contributed by atoms with Crippen LogP contribution in [0.2, 0.25) is 0 Å². The number of benzene rings is 2. The summed E-state index contributed by atoms with van der Waals surface area (Å²) in [5.41, 5.74) is -0.361. The van der Waals surface area contributed by atoms with E-state index >= 15 is 0 Å². The lowest BCUT2D eigenvalue weighted by Gasteiger charge is -2.40. The number of anilines is 1. The Hall–Kier alpha value is -2.28. The fourth-order valence-corrected chi connectivity index (χ4v) is 3.67. The highest BCUT2D eigenvalue weighted by molar-refractivity contribution is 7.90. The predicted octanol–water partition coefficient (Wildman–Crippen LogP) is 3.43. The standard InChI is InChI=1S/C18H17F2NO3S/c1-25(23,24)14-7-8-15(20)16(11-14)21-17(22)18(9-2-10-18)12-3-5-13(19)6-4-12/h3-8,11H,2,9-10H2,1H3,(H,21,22). The fourth-order valence-electron chi connectivity index (χ4n) is 3.02. The van der Waals surface area contributed by atoms with E-state index in [4.69, 9.17) is 0 Å². The van der Waals surface area contributed by atoms with Gasteiger partial charge in [0.25, 0.3) is 0 Å². The Bertz CT molecular complexity index is 920. The molecule has 0 atom stereocenters. The third-order valence-corrected chi connectivity index (χ3v) is 5.76. The molecule has 2 aromatic rings. The summed E-state index contributed by atoms with van der Waals surface area (Å²) in [6, 6.07) is 8.95. The molecule has 3 rings (SSSR count). The van der Waals surface area contributed by atoms with Gasteiger partial charge in [0.2, 0.25) is 5.91 Å². The molecule has 0 aliphatic heterocycles. The maximum atomic E-state index is 14.0. The number of amides is 1. The van der Waals surface area contributed by atoms with Gasteiger partial charge >= 0.3 is 0 Å². The summed E-state index contributed by atoms with van der Waals surface area (Å²) in [5, 5.41) is 2.51. The second-order valence-corrected chi connectivity index (χ2v) is 8.33. The normalized spacial score (nSPS) is 16.1. The van der Waals surface area contributed by atoms with Gasteiger partial charge in [-0.3, -0.25) is 4.79 Å². The summed E-state index contributed by atoms with van der Waals surface area (Å²) in [7, 11) is -3.52. The number of sulfone groups is 1. The van der Waals surface area contributed by atoms with E-state index in [1.165, 1.54) is 12.1 Å². The summed E-state index contributed by atoms with van der Waals surface area (Å²) in [6.45, 7) is 0. The molecular formula is C18H17F2NO3S. The molecule has 0 aromatic heterocycles. The Balaban J connectivity index is 1.92. The average molecular weight is 365 g/mol. The van der Waals surface area contributed by atoms with E-state index in [1.54, 1.807) is 12.1 Å². The largest absolute Gasteiger partial charge is 0.323 e. The molecule has 132 valence electrons. The molecule has 25 heavy (non-hydrogen) atoms. The van der Waals surface area contributed by atoms with E-state index in [0.717, 1.165) is 30.9 Å². The van der Waals surface area contributed by atoms with Crippen molar-refractivity contribution in [3.63, 3.8) is 0 Å². The Morgan fingerprint density at radius 1 is 1.08 bits per heavy atom. The lowest BCUT2D eigenvalue weighted by Crippen LogP contribution is -2.46. The van der Waals surface area contributed by atoms with Crippen LogP contribution >= 0.6 is 0 Å². The van der Waals surface area contributed by atoms with Crippen LogP contribution in [0.3, 0.4) is 0 Å². The Labute approximate surface area is 144 Å². The molecule has 7 heteroatoms. The number of hydrogen-bond acceptors (Lipinski definition) is 3. The summed E-state index contributed by atoms with van der Waals surface area (Å²) in [5.74, 6) is -1.53. The minimum atomic E-state index is -3.52. The predicted molar refractivity (Wildman–Crippen MR) is 90.1 cm³/mol. The average Bonchev–Trinajstić information content (AvgIpc) is 2.49. The van der Waals surface area contributed by atoms with Gasteiger partial charge in [0.15, 0.2) is 9.84 Å². The number of nitrogens with one attached hydrogen (secondary N) is 1. The van der Waals surface area contributed by atoms with Crippen molar-refractivity contribution in [3.05, 3.63) is 59.7 Å². The number of carbonyl (C=O) groups excluding carboxylic acids is 1. The van der Waals surface area contributed by atoms with Crippen LogP contribution in [-0.4, -0.2) is 20.6 Å². The molecule has 1 aliphatic carbocycles. The highest BCUT2D eigenvalue weighted by Gasteiger charge is 2.45. The van der Waals surface area contributed by atoms with Gasteiger partial charge in [-0.25, -0.2) is 17.2 Å². The number of halogens is 2. The summed E-state index contributed by atoms with van der Waals surface area (Å²) in [4.78, 5) is 12.7. The molecule has 0 radical (unpaired) electrons. The summed E-state index contributed by atoms with van der Waals surface area (Å²) in [6.07, 6.45) is 2.98. The third-order valence-electron chi connectivity index (χ3n) is 4.65. The van der Waals surface area contributed by atoms with Gasteiger partial charge in [-0.1, -0.05) is 18.6 Å². The molecule has 1 fully saturated rings. The van der Waals surface area contributed by atoms with E-state index in [9.17, 15) is 22.0 Å². The minimum absolute atomic E-state index is 0.0753. The topological polar surface area (TPSA) is 63.2 Å². The zero-order valence-corrected chi connectivity index (χ0v) is 14.4. The highest BCUT2D eigenvalue weighted by Crippen LogP contribution is 2.44. The van der Waals surface area contributed by atoms with Crippen LogP contribution in [0, 0.1) is 11.6 Å². The second kappa shape index (κ2) is 6.22. The summed E-state index contributed by atoms with van der Waals surface area (Å²) >= 11 is 0. The van der Waals surface area contributed by atoms with Gasteiger partial charge in [-0.15, -0.1) is 0 Å². The molecule has 1 aliphatic rings. The van der Waals surface area contributed by atoms with Crippen LogP contribution in [0.25, 0.3) is 0 Å². The van der Waals surface area contributed by atoms with Gasteiger partial charge in [-0.05, 0) is 48.7 Å². The fraction of sp³-hybridized carbons (Fsp3) is 0.278. The number of hydrogen-bond donors (Lipinski definition) is 1. The van der Waals surface area contributed by atoms with Crippen molar-refractivity contribution < 1.29 is 22.0 Å². The van der Waals surface area contributed by atoms with Crippen molar-refractivity contribution >= 4 is 21.4 Å². The monoisotopic (exact) mass is 365 g/mol. The molecule has 1 amide bonds. The first-order valence-corrected chi connectivity index (χ1v) is 9.69. The van der Waals surface area contributed by atoms with Crippen LogP contribution in [0.15, 0.2) is 47.4 Å². The molecule has 1 saturated carbocycles. The van der Waals surface area contributed by atoms with E-state index < -0.39 is 32.8 Å². The number of carbonyl (C=O) groups is 1. The Kier molecular flexibility index (Phi) is 4.36. The van der Waals surface area contributed by atoms with Crippen molar-refractivity contribution in [3.8, 4) is 0 Å². The van der Waals surface area contributed by atoms with Crippen molar-refractivity contribution in [2.45, 2.75) is 29.6 Å². The lowest BCUT2D eigenvalue weighted by atomic mass is 9.64. The highest BCUT2D eigenvalue weighted by atomic mass is 32.2. The van der Waals surface area contributed by atoms with Crippen LogP contribution in [0.5, 0.6) is 0 Å². The molecule has 0 saturated heterocycles. The first kappa shape index (κ1) is 17.5. The first-order valence-electron chi connectivity index (χ1n) is 7.79. The van der Waals surface area contributed by atoms with Crippen LogP contribution in [-0.2, 0) is 20.0 Å². The van der Waals surface area contributed by atoms with Gasteiger partial charge in [0, 0.05) is 6.26 Å². The van der Waals surface area contributed by atoms with Crippen molar-refractivity contribution in [2.24, 2.45) is 0 Å². The summed E-state index contributed by atoms with van der Waals surface area (Å²) < 4.78 is 50.4. The molecule has 2 aromatic carbocycles. The molecule has 0 heterocycles. The molecule has 0 spiro atoms. The second-order valence-electron chi connectivity index (χ2n) is 6.31. The number of rotatable bonds is 4. The SMILES string of the molecule is CS(=O)(=O)c1ccc(F)c(NC(=O)C2(c3ccc(F)cc3)CCC2)c1. The van der Waals surface area contributed by atoms with Crippen LogP contribution in [0.4, 0.5) is 14.5 Å². The lowest BCUT2D eigenvalue weighted by molar-refractivity contribution is -0.124. The van der Waals surface area contributed by atoms with Crippen LogP contribution < -0.4 is 5.32 Å². The Morgan fingerprint density at radius 2 is 1.72 bits per heavy atom.